The van der Waals surface area contributed by atoms with Crippen molar-refractivity contribution in [2.24, 2.45) is 0 Å². The molecule has 1 aliphatic rings. The Labute approximate surface area is 136 Å². The van der Waals surface area contributed by atoms with E-state index in [0.717, 1.165) is 25.3 Å². The van der Waals surface area contributed by atoms with Crippen LogP contribution in [0.2, 0.25) is 0 Å². The van der Waals surface area contributed by atoms with E-state index < -0.39 is 0 Å². The van der Waals surface area contributed by atoms with Crippen molar-refractivity contribution in [3.8, 4) is 0 Å². The standard InChI is InChI=1S/C18H19N3.ClH/c1-12-13(2)20-17-16(12)7-9-19-18(17)21-10-8-14-5-3-4-6-15(14)11-21;/h3-7,9,20H,8,10-11H2,1-2H3;1H. The Hall–Kier alpha value is -2.00. The van der Waals surface area contributed by atoms with Gasteiger partial charge >= 0.3 is 0 Å². The number of nitrogens with zero attached hydrogens (tertiary/aromatic N) is 2. The Morgan fingerprint density at radius 1 is 1.09 bits per heavy atom. The molecule has 0 fully saturated rings. The molecule has 1 aliphatic heterocycles. The van der Waals surface area contributed by atoms with Gasteiger partial charge in [0.15, 0.2) is 5.82 Å². The van der Waals surface area contributed by atoms with Crippen molar-refractivity contribution in [3.05, 3.63) is 58.9 Å². The number of pyridine rings is 1. The predicted molar refractivity (Wildman–Crippen MR) is 94.0 cm³/mol. The number of aromatic amines is 1. The molecule has 0 amide bonds. The Morgan fingerprint density at radius 3 is 2.68 bits per heavy atom. The molecule has 3 heterocycles. The predicted octanol–water partition coefficient (Wildman–Crippen LogP) is 4.16. The maximum atomic E-state index is 4.65. The molecule has 4 heteroatoms. The largest absolute Gasteiger partial charge is 0.355 e. The van der Waals surface area contributed by atoms with Gasteiger partial charge in [0.2, 0.25) is 0 Å². The van der Waals surface area contributed by atoms with Gasteiger partial charge in [-0.15, -0.1) is 12.4 Å². The molecule has 1 N–H and O–H groups in total. The van der Waals surface area contributed by atoms with Crippen molar-refractivity contribution >= 4 is 29.1 Å². The molecule has 3 nitrogen and oxygen atoms in total. The van der Waals surface area contributed by atoms with Crippen molar-refractivity contribution in [1.29, 1.82) is 0 Å². The summed E-state index contributed by atoms with van der Waals surface area (Å²) in [5.41, 5.74) is 6.62. The molecule has 0 radical (unpaired) electrons. The van der Waals surface area contributed by atoms with Gasteiger partial charge in [0.25, 0.3) is 0 Å². The molecule has 0 aliphatic carbocycles. The van der Waals surface area contributed by atoms with E-state index in [1.165, 1.54) is 33.3 Å². The van der Waals surface area contributed by atoms with Gasteiger partial charge in [0.05, 0.1) is 5.52 Å². The minimum atomic E-state index is 0. The van der Waals surface area contributed by atoms with Crippen LogP contribution < -0.4 is 4.90 Å². The lowest BCUT2D eigenvalue weighted by molar-refractivity contribution is 0.723. The number of H-pyrrole nitrogens is 1. The van der Waals surface area contributed by atoms with Crippen LogP contribution in [0.4, 0.5) is 5.82 Å². The van der Waals surface area contributed by atoms with Gasteiger partial charge in [-0.3, -0.25) is 0 Å². The first-order chi connectivity index (χ1) is 10.2. The van der Waals surface area contributed by atoms with E-state index in [-0.39, 0.29) is 12.4 Å². The van der Waals surface area contributed by atoms with Crippen LogP contribution in [0.5, 0.6) is 0 Å². The van der Waals surface area contributed by atoms with E-state index in [1.54, 1.807) is 0 Å². The average Bonchev–Trinajstić information content (AvgIpc) is 2.82. The van der Waals surface area contributed by atoms with Crippen molar-refractivity contribution in [1.82, 2.24) is 9.97 Å². The summed E-state index contributed by atoms with van der Waals surface area (Å²) in [5.74, 6) is 1.08. The second-order valence-corrected chi connectivity index (χ2v) is 5.87. The fraction of sp³-hybridized carbons (Fsp3) is 0.278. The highest BCUT2D eigenvalue weighted by Crippen LogP contribution is 2.31. The van der Waals surface area contributed by atoms with E-state index in [9.17, 15) is 0 Å². The highest BCUT2D eigenvalue weighted by Gasteiger charge is 2.20. The van der Waals surface area contributed by atoms with Gasteiger partial charge < -0.3 is 9.88 Å². The Bertz CT molecular complexity index is 822. The zero-order valence-corrected chi connectivity index (χ0v) is 13.7. The number of nitrogens with one attached hydrogen (secondary N) is 1. The number of aromatic nitrogens is 2. The molecule has 114 valence electrons. The SMILES string of the molecule is Cc1[nH]c2c(N3CCc4ccccc4C3)nccc2c1C.Cl. The Balaban J connectivity index is 0.00000144. The van der Waals surface area contributed by atoms with Gasteiger partial charge in [-0.25, -0.2) is 4.98 Å². The van der Waals surface area contributed by atoms with Crippen molar-refractivity contribution in [2.75, 3.05) is 11.4 Å². The fourth-order valence-electron chi connectivity index (χ4n) is 3.29. The van der Waals surface area contributed by atoms with Crippen LogP contribution in [-0.4, -0.2) is 16.5 Å². The monoisotopic (exact) mass is 313 g/mol. The molecule has 0 atom stereocenters. The minimum absolute atomic E-state index is 0. The lowest BCUT2D eigenvalue weighted by Crippen LogP contribution is -2.31. The lowest BCUT2D eigenvalue weighted by Gasteiger charge is -2.30. The van der Waals surface area contributed by atoms with Gasteiger partial charge in [-0.2, -0.15) is 0 Å². The maximum absolute atomic E-state index is 4.65. The number of anilines is 1. The number of hydrogen-bond acceptors (Lipinski definition) is 2. The second kappa shape index (κ2) is 5.65. The van der Waals surface area contributed by atoms with Crippen molar-refractivity contribution in [2.45, 2.75) is 26.8 Å². The molecule has 0 spiro atoms. The third-order valence-corrected chi connectivity index (χ3v) is 4.64. The topological polar surface area (TPSA) is 31.9 Å². The summed E-state index contributed by atoms with van der Waals surface area (Å²) < 4.78 is 0. The van der Waals surface area contributed by atoms with E-state index in [4.69, 9.17) is 0 Å². The summed E-state index contributed by atoms with van der Waals surface area (Å²) in [6.07, 6.45) is 3.02. The summed E-state index contributed by atoms with van der Waals surface area (Å²) in [7, 11) is 0. The molecular weight excluding hydrogens is 294 g/mol. The van der Waals surface area contributed by atoms with Crippen LogP contribution in [-0.2, 0) is 13.0 Å². The summed E-state index contributed by atoms with van der Waals surface area (Å²) in [5, 5.41) is 1.29. The van der Waals surface area contributed by atoms with Gasteiger partial charge in [0.1, 0.15) is 0 Å². The van der Waals surface area contributed by atoms with Crippen LogP contribution in [0.25, 0.3) is 10.9 Å². The minimum Gasteiger partial charge on any atom is -0.355 e. The molecular formula is C18H20ClN3. The van der Waals surface area contributed by atoms with Gasteiger partial charge in [-0.1, -0.05) is 24.3 Å². The first-order valence-corrected chi connectivity index (χ1v) is 7.49. The summed E-state index contributed by atoms with van der Waals surface area (Å²) in [4.78, 5) is 10.6. The number of rotatable bonds is 1. The van der Waals surface area contributed by atoms with E-state index >= 15 is 0 Å². The van der Waals surface area contributed by atoms with Crippen LogP contribution in [0.1, 0.15) is 22.4 Å². The van der Waals surface area contributed by atoms with Crippen LogP contribution in [0.3, 0.4) is 0 Å². The summed E-state index contributed by atoms with van der Waals surface area (Å²) in [6.45, 7) is 6.27. The molecule has 0 bridgehead atoms. The lowest BCUT2D eigenvalue weighted by atomic mass is 10.00. The fourth-order valence-corrected chi connectivity index (χ4v) is 3.29. The average molecular weight is 314 g/mol. The van der Waals surface area contributed by atoms with Gasteiger partial charge in [0, 0.05) is 30.4 Å². The molecule has 0 saturated carbocycles. The summed E-state index contributed by atoms with van der Waals surface area (Å²) in [6, 6.07) is 10.8. The normalized spacial score (nSPS) is 13.8. The molecule has 0 unspecified atom stereocenters. The van der Waals surface area contributed by atoms with Crippen molar-refractivity contribution < 1.29 is 0 Å². The third kappa shape index (κ3) is 2.26. The quantitative estimate of drug-likeness (QED) is 0.731. The van der Waals surface area contributed by atoms with E-state index in [2.05, 4.69) is 59.0 Å². The van der Waals surface area contributed by atoms with E-state index in [1.807, 2.05) is 6.20 Å². The number of halogens is 1. The zero-order valence-electron chi connectivity index (χ0n) is 12.9. The molecule has 1 aromatic carbocycles. The van der Waals surface area contributed by atoms with Crippen LogP contribution in [0.15, 0.2) is 36.5 Å². The van der Waals surface area contributed by atoms with Crippen LogP contribution in [0, 0.1) is 13.8 Å². The smallest absolute Gasteiger partial charge is 0.153 e. The first-order valence-electron chi connectivity index (χ1n) is 7.49. The van der Waals surface area contributed by atoms with E-state index in [0.29, 0.717) is 0 Å². The second-order valence-electron chi connectivity index (χ2n) is 5.87. The number of benzene rings is 1. The molecule has 4 rings (SSSR count). The maximum Gasteiger partial charge on any atom is 0.153 e. The Kier molecular flexibility index (Phi) is 3.83. The van der Waals surface area contributed by atoms with Gasteiger partial charge in [-0.05, 0) is 43.0 Å². The van der Waals surface area contributed by atoms with Crippen LogP contribution >= 0.6 is 12.4 Å². The molecule has 0 saturated heterocycles. The molecule has 22 heavy (non-hydrogen) atoms. The number of aryl methyl sites for hydroxylation is 2. The zero-order chi connectivity index (χ0) is 14.4. The first kappa shape index (κ1) is 14.9. The highest BCUT2D eigenvalue weighted by atomic mass is 35.5. The number of fused-ring (bicyclic) bond motifs is 2. The third-order valence-electron chi connectivity index (χ3n) is 4.64. The van der Waals surface area contributed by atoms with Crippen molar-refractivity contribution in [3.63, 3.8) is 0 Å². The molecule has 3 aromatic rings. The Morgan fingerprint density at radius 2 is 1.86 bits per heavy atom. The molecule has 2 aromatic heterocycles. The number of hydrogen-bond donors (Lipinski definition) is 1. The highest BCUT2D eigenvalue weighted by molar-refractivity contribution is 5.92. The summed E-state index contributed by atoms with van der Waals surface area (Å²) >= 11 is 0.